The average Bonchev–Trinajstić information content (AvgIpc) is 2.92. The van der Waals surface area contributed by atoms with Crippen molar-refractivity contribution in [2.75, 3.05) is 20.3 Å². The summed E-state index contributed by atoms with van der Waals surface area (Å²) in [6, 6.07) is 4.92. The molecule has 1 saturated heterocycles. The Bertz CT molecular complexity index is 475. The van der Waals surface area contributed by atoms with E-state index in [-0.39, 0.29) is 6.10 Å². The summed E-state index contributed by atoms with van der Waals surface area (Å²) in [6.07, 6.45) is 2.22. The van der Waals surface area contributed by atoms with Gasteiger partial charge in [0.25, 0.3) is 0 Å². The van der Waals surface area contributed by atoms with Gasteiger partial charge in [-0.25, -0.2) is 0 Å². The molecule has 2 rings (SSSR count). The van der Waals surface area contributed by atoms with E-state index in [0.29, 0.717) is 12.3 Å². The highest BCUT2D eigenvalue weighted by atomic mass is 79.9. The fourth-order valence-electron chi connectivity index (χ4n) is 2.35. The van der Waals surface area contributed by atoms with Crippen LogP contribution in [0.3, 0.4) is 0 Å². The maximum Gasteiger partial charge on any atom is 0.239 e. The molecule has 1 aromatic rings. The number of rotatable bonds is 6. The predicted octanol–water partition coefficient (Wildman–Crippen LogP) is 1.75. The molecule has 0 aromatic heterocycles. The van der Waals surface area contributed by atoms with Crippen LogP contribution in [-0.2, 0) is 9.53 Å². The van der Waals surface area contributed by atoms with Crippen LogP contribution in [0.1, 0.15) is 24.4 Å². The van der Waals surface area contributed by atoms with E-state index in [1.54, 1.807) is 7.11 Å². The lowest BCUT2D eigenvalue weighted by molar-refractivity contribution is -0.120. The van der Waals surface area contributed by atoms with Gasteiger partial charge in [0.05, 0.1) is 13.2 Å². The summed E-state index contributed by atoms with van der Waals surface area (Å²) >= 11 is 3.40. The van der Waals surface area contributed by atoms with Gasteiger partial charge in [0.2, 0.25) is 5.91 Å². The first-order valence-corrected chi connectivity index (χ1v) is 7.39. The molecule has 110 valence electrons. The molecular weight excluding hydrogens is 324 g/mol. The molecule has 20 heavy (non-hydrogen) atoms. The van der Waals surface area contributed by atoms with E-state index in [0.717, 1.165) is 29.5 Å². The van der Waals surface area contributed by atoms with Crippen molar-refractivity contribution in [2.45, 2.75) is 25.0 Å². The van der Waals surface area contributed by atoms with E-state index in [2.05, 4.69) is 21.2 Å². The standard InChI is InChI=1S/C14H19BrN2O3/c1-19-12-5-4-9(15)7-11(12)13(14(16)18)17-8-10-3-2-6-20-10/h4-5,7,10,13,17H,2-3,6,8H2,1H3,(H2,16,18). The van der Waals surface area contributed by atoms with Crippen LogP contribution in [0.5, 0.6) is 5.75 Å². The molecule has 0 aliphatic carbocycles. The van der Waals surface area contributed by atoms with Crippen molar-refractivity contribution in [3.05, 3.63) is 28.2 Å². The monoisotopic (exact) mass is 342 g/mol. The van der Waals surface area contributed by atoms with Crippen LogP contribution in [0.15, 0.2) is 22.7 Å². The van der Waals surface area contributed by atoms with Gasteiger partial charge in [-0.15, -0.1) is 0 Å². The molecule has 1 aliphatic rings. The summed E-state index contributed by atoms with van der Waals surface area (Å²) in [6.45, 7) is 1.39. The second kappa shape index (κ2) is 7.06. The number of hydrogen-bond acceptors (Lipinski definition) is 4. The van der Waals surface area contributed by atoms with Crippen molar-refractivity contribution in [3.63, 3.8) is 0 Å². The highest BCUT2D eigenvalue weighted by Gasteiger charge is 2.24. The number of benzene rings is 1. The zero-order valence-corrected chi connectivity index (χ0v) is 13.0. The van der Waals surface area contributed by atoms with Crippen LogP contribution in [0, 0.1) is 0 Å². The first-order valence-electron chi connectivity index (χ1n) is 6.59. The van der Waals surface area contributed by atoms with Gasteiger partial charge >= 0.3 is 0 Å². The number of carbonyl (C=O) groups is 1. The van der Waals surface area contributed by atoms with Crippen molar-refractivity contribution in [3.8, 4) is 5.75 Å². The van der Waals surface area contributed by atoms with Gasteiger partial charge in [0.15, 0.2) is 0 Å². The molecule has 0 bridgehead atoms. The summed E-state index contributed by atoms with van der Waals surface area (Å²) in [5.74, 6) is 0.205. The van der Waals surface area contributed by atoms with Crippen molar-refractivity contribution in [1.29, 1.82) is 0 Å². The molecule has 2 atom stereocenters. The van der Waals surface area contributed by atoms with Crippen molar-refractivity contribution >= 4 is 21.8 Å². The molecule has 6 heteroatoms. The molecule has 0 saturated carbocycles. The summed E-state index contributed by atoms with van der Waals surface area (Å²) in [5, 5.41) is 3.18. The Hall–Kier alpha value is -1.11. The van der Waals surface area contributed by atoms with Crippen molar-refractivity contribution < 1.29 is 14.3 Å². The third-order valence-corrected chi connectivity index (χ3v) is 3.85. The first-order chi connectivity index (χ1) is 9.61. The summed E-state index contributed by atoms with van der Waals surface area (Å²) < 4.78 is 11.7. The molecule has 1 aromatic carbocycles. The van der Waals surface area contributed by atoms with Crippen molar-refractivity contribution in [1.82, 2.24) is 5.32 Å². The predicted molar refractivity (Wildman–Crippen MR) is 79.6 cm³/mol. The number of methoxy groups -OCH3 is 1. The maximum absolute atomic E-state index is 11.7. The zero-order chi connectivity index (χ0) is 14.5. The minimum Gasteiger partial charge on any atom is -0.496 e. The van der Waals surface area contributed by atoms with Crippen molar-refractivity contribution in [2.24, 2.45) is 5.73 Å². The Morgan fingerprint density at radius 2 is 2.45 bits per heavy atom. The van der Waals surface area contributed by atoms with E-state index in [1.807, 2.05) is 18.2 Å². The number of nitrogens with two attached hydrogens (primary N) is 1. The molecule has 1 heterocycles. The van der Waals surface area contributed by atoms with E-state index in [9.17, 15) is 4.79 Å². The lowest BCUT2D eigenvalue weighted by Gasteiger charge is -2.20. The molecule has 1 fully saturated rings. The number of amides is 1. The molecular formula is C14H19BrN2O3. The van der Waals surface area contributed by atoms with Gasteiger partial charge in [-0.2, -0.15) is 0 Å². The summed E-state index contributed by atoms with van der Waals surface area (Å²) in [5.41, 5.74) is 6.24. The van der Waals surface area contributed by atoms with Crippen LogP contribution in [-0.4, -0.2) is 32.3 Å². The highest BCUT2D eigenvalue weighted by molar-refractivity contribution is 9.10. The SMILES string of the molecule is COc1ccc(Br)cc1C(NCC1CCCO1)C(N)=O. The first kappa shape index (κ1) is 15.3. The summed E-state index contributed by atoms with van der Waals surface area (Å²) in [7, 11) is 1.57. The van der Waals surface area contributed by atoms with Crippen LogP contribution >= 0.6 is 15.9 Å². The van der Waals surface area contributed by atoms with E-state index in [4.69, 9.17) is 15.2 Å². The van der Waals surface area contributed by atoms with Gasteiger partial charge in [-0.3, -0.25) is 10.1 Å². The van der Waals surface area contributed by atoms with Gasteiger partial charge in [-0.05, 0) is 31.0 Å². The Labute approximate surface area is 126 Å². The molecule has 2 unspecified atom stereocenters. The highest BCUT2D eigenvalue weighted by Crippen LogP contribution is 2.28. The number of halogens is 1. The quantitative estimate of drug-likeness (QED) is 0.825. The smallest absolute Gasteiger partial charge is 0.239 e. The van der Waals surface area contributed by atoms with Crippen LogP contribution in [0.2, 0.25) is 0 Å². The second-order valence-corrected chi connectivity index (χ2v) is 5.68. The lowest BCUT2D eigenvalue weighted by Crippen LogP contribution is -2.38. The van der Waals surface area contributed by atoms with Crippen LogP contribution in [0.25, 0.3) is 0 Å². The largest absolute Gasteiger partial charge is 0.496 e. The van der Waals surface area contributed by atoms with Gasteiger partial charge < -0.3 is 15.2 Å². The number of carbonyl (C=O) groups excluding carboxylic acids is 1. The Morgan fingerprint density at radius 3 is 3.05 bits per heavy atom. The fraction of sp³-hybridized carbons (Fsp3) is 0.500. The minimum absolute atomic E-state index is 0.148. The minimum atomic E-state index is -0.591. The third-order valence-electron chi connectivity index (χ3n) is 3.36. The number of hydrogen-bond donors (Lipinski definition) is 2. The Morgan fingerprint density at radius 1 is 1.65 bits per heavy atom. The van der Waals surface area contributed by atoms with E-state index >= 15 is 0 Å². The number of primary amides is 1. The molecule has 0 spiro atoms. The van der Waals surface area contributed by atoms with E-state index in [1.165, 1.54) is 0 Å². The summed E-state index contributed by atoms with van der Waals surface area (Å²) in [4.78, 5) is 11.7. The Balaban J connectivity index is 2.14. The molecule has 1 aliphatic heterocycles. The van der Waals surface area contributed by atoms with Crippen LogP contribution < -0.4 is 15.8 Å². The molecule has 3 N–H and O–H groups in total. The lowest BCUT2D eigenvalue weighted by atomic mass is 10.0. The zero-order valence-electron chi connectivity index (χ0n) is 11.4. The maximum atomic E-state index is 11.7. The third kappa shape index (κ3) is 3.71. The van der Waals surface area contributed by atoms with E-state index < -0.39 is 11.9 Å². The molecule has 1 amide bonds. The molecule has 5 nitrogen and oxygen atoms in total. The topological polar surface area (TPSA) is 73.6 Å². The number of ether oxygens (including phenoxy) is 2. The van der Waals surface area contributed by atoms with Crippen LogP contribution in [0.4, 0.5) is 0 Å². The Kier molecular flexibility index (Phi) is 5.39. The van der Waals surface area contributed by atoms with Gasteiger partial charge in [0.1, 0.15) is 11.8 Å². The average molecular weight is 343 g/mol. The number of nitrogens with one attached hydrogen (secondary N) is 1. The van der Waals surface area contributed by atoms with Gasteiger partial charge in [-0.1, -0.05) is 15.9 Å². The van der Waals surface area contributed by atoms with Gasteiger partial charge in [0, 0.05) is 23.2 Å². The second-order valence-electron chi connectivity index (χ2n) is 4.76. The normalized spacial score (nSPS) is 19.8. The molecule has 0 radical (unpaired) electrons. The fourth-order valence-corrected chi connectivity index (χ4v) is 2.73.